The maximum Gasteiger partial charge on any atom is 0.335 e. The largest absolute Gasteiger partial charge is 0.478 e. The van der Waals surface area contributed by atoms with Gasteiger partial charge in [-0.3, -0.25) is 0 Å². The van der Waals surface area contributed by atoms with Crippen LogP contribution in [0, 0.1) is 0 Å². The lowest BCUT2D eigenvalue weighted by atomic mass is 10.1. The van der Waals surface area contributed by atoms with Gasteiger partial charge in [0.15, 0.2) is 0 Å². The first kappa shape index (κ1) is 14.9. The second-order valence-electron chi connectivity index (χ2n) is 4.52. The Bertz CT molecular complexity index is 649. The van der Waals surface area contributed by atoms with Crippen LogP contribution in [-0.4, -0.2) is 26.4 Å². The third-order valence-corrected chi connectivity index (χ3v) is 2.92. The van der Waals surface area contributed by atoms with E-state index >= 15 is 0 Å². The Balaban J connectivity index is 2.12. The second-order valence-corrected chi connectivity index (χ2v) is 4.52. The summed E-state index contributed by atoms with van der Waals surface area (Å²) in [5, 5.41) is 35.8. The standard InChI is InChI=1S/C16H14O5/c17-15(18)13-7-3-11(4-8-13)1-2-12-5-9-14(10-6-12)16(19,20)21/h1-10,19-21H,(H,17,18)/b2-1+. The monoisotopic (exact) mass is 286 g/mol. The van der Waals surface area contributed by atoms with Gasteiger partial charge >= 0.3 is 11.9 Å². The van der Waals surface area contributed by atoms with Crippen molar-refractivity contribution >= 4 is 18.1 Å². The van der Waals surface area contributed by atoms with Gasteiger partial charge < -0.3 is 20.4 Å². The smallest absolute Gasteiger partial charge is 0.335 e. The molecule has 5 heteroatoms. The van der Waals surface area contributed by atoms with Crippen molar-refractivity contribution in [3.8, 4) is 0 Å². The van der Waals surface area contributed by atoms with E-state index in [0.717, 1.165) is 11.1 Å². The van der Waals surface area contributed by atoms with Crippen molar-refractivity contribution in [3.05, 3.63) is 70.8 Å². The van der Waals surface area contributed by atoms with Gasteiger partial charge in [-0.1, -0.05) is 48.6 Å². The summed E-state index contributed by atoms with van der Waals surface area (Å²) in [4.78, 5) is 10.7. The van der Waals surface area contributed by atoms with Crippen LogP contribution < -0.4 is 0 Å². The quantitative estimate of drug-likeness (QED) is 0.506. The summed E-state index contributed by atoms with van der Waals surface area (Å²) in [5.74, 6) is -3.81. The average molecular weight is 286 g/mol. The molecule has 0 unspecified atom stereocenters. The molecule has 0 bridgehead atoms. The van der Waals surface area contributed by atoms with Crippen LogP contribution in [0.2, 0.25) is 0 Å². The molecule has 4 N–H and O–H groups in total. The van der Waals surface area contributed by atoms with E-state index in [1.807, 2.05) is 0 Å². The van der Waals surface area contributed by atoms with Gasteiger partial charge in [0.05, 0.1) is 5.56 Å². The third kappa shape index (κ3) is 4.00. The van der Waals surface area contributed by atoms with Gasteiger partial charge in [-0.15, -0.1) is 0 Å². The molecular weight excluding hydrogens is 272 g/mol. The fourth-order valence-corrected chi connectivity index (χ4v) is 1.75. The molecule has 0 heterocycles. The number of aromatic carboxylic acids is 1. The van der Waals surface area contributed by atoms with Crippen LogP contribution in [0.1, 0.15) is 27.0 Å². The van der Waals surface area contributed by atoms with E-state index in [9.17, 15) is 4.79 Å². The summed E-state index contributed by atoms with van der Waals surface area (Å²) in [6.07, 6.45) is 3.58. The zero-order valence-corrected chi connectivity index (χ0v) is 11.0. The maximum atomic E-state index is 10.7. The van der Waals surface area contributed by atoms with E-state index < -0.39 is 11.9 Å². The minimum atomic E-state index is -2.84. The predicted octanol–water partition coefficient (Wildman–Crippen LogP) is 1.64. The fraction of sp³-hybridized carbons (Fsp3) is 0.0625. The van der Waals surface area contributed by atoms with Crippen molar-refractivity contribution in [3.63, 3.8) is 0 Å². The molecule has 5 nitrogen and oxygen atoms in total. The highest BCUT2D eigenvalue weighted by Gasteiger charge is 2.20. The van der Waals surface area contributed by atoms with E-state index in [1.54, 1.807) is 36.4 Å². The topological polar surface area (TPSA) is 98.0 Å². The third-order valence-electron chi connectivity index (χ3n) is 2.92. The van der Waals surface area contributed by atoms with E-state index in [4.69, 9.17) is 20.4 Å². The lowest BCUT2D eigenvalue weighted by Gasteiger charge is -2.13. The minimum absolute atomic E-state index is 0.0227. The number of hydrogen-bond acceptors (Lipinski definition) is 4. The zero-order valence-electron chi connectivity index (χ0n) is 11.0. The molecule has 2 rings (SSSR count). The molecule has 2 aromatic rings. The average Bonchev–Trinajstić information content (AvgIpc) is 2.45. The molecule has 2 aromatic carbocycles. The Kier molecular flexibility index (Phi) is 4.18. The molecule has 108 valence electrons. The number of hydrogen-bond donors (Lipinski definition) is 4. The molecule has 0 aliphatic rings. The number of rotatable bonds is 4. The van der Waals surface area contributed by atoms with Gasteiger partial charge in [-0.25, -0.2) is 4.79 Å². The summed E-state index contributed by atoms with van der Waals surface area (Å²) in [6.45, 7) is 0. The Morgan fingerprint density at radius 3 is 1.62 bits per heavy atom. The van der Waals surface area contributed by atoms with Crippen LogP contribution in [0.3, 0.4) is 0 Å². The molecule has 0 fully saturated rings. The van der Waals surface area contributed by atoms with Crippen LogP contribution in [-0.2, 0) is 5.97 Å². The van der Waals surface area contributed by atoms with Crippen LogP contribution in [0.15, 0.2) is 48.5 Å². The first-order chi connectivity index (χ1) is 9.86. The van der Waals surface area contributed by atoms with E-state index in [-0.39, 0.29) is 11.1 Å². The van der Waals surface area contributed by atoms with Crippen molar-refractivity contribution in [1.82, 2.24) is 0 Å². The van der Waals surface area contributed by atoms with Crippen LogP contribution >= 0.6 is 0 Å². The molecule has 21 heavy (non-hydrogen) atoms. The van der Waals surface area contributed by atoms with Crippen LogP contribution in [0.4, 0.5) is 0 Å². The van der Waals surface area contributed by atoms with Crippen molar-refractivity contribution in [2.24, 2.45) is 0 Å². The Morgan fingerprint density at radius 2 is 1.24 bits per heavy atom. The minimum Gasteiger partial charge on any atom is -0.478 e. The number of benzene rings is 2. The van der Waals surface area contributed by atoms with Gasteiger partial charge in [-0.2, -0.15) is 0 Å². The van der Waals surface area contributed by atoms with Gasteiger partial charge in [-0.05, 0) is 23.3 Å². The van der Waals surface area contributed by atoms with Crippen molar-refractivity contribution in [2.45, 2.75) is 5.97 Å². The molecule has 0 aliphatic heterocycles. The SMILES string of the molecule is O=C(O)c1ccc(/C=C/c2ccc(C(O)(O)O)cc2)cc1. The van der Waals surface area contributed by atoms with Gasteiger partial charge in [0.25, 0.3) is 0 Å². The molecular formula is C16H14O5. The summed E-state index contributed by atoms with van der Waals surface area (Å²) in [7, 11) is 0. The summed E-state index contributed by atoms with van der Waals surface area (Å²) < 4.78 is 0. The van der Waals surface area contributed by atoms with E-state index in [2.05, 4.69) is 0 Å². The number of carbonyl (C=O) groups is 1. The Hall–Kier alpha value is -2.47. The highest BCUT2D eigenvalue weighted by Crippen LogP contribution is 2.16. The number of carboxylic acids is 1. The highest BCUT2D eigenvalue weighted by molar-refractivity contribution is 5.88. The predicted molar refractivity (Wildman–Crippen MR) is 77.1 cm³/mol. The normalized spacial score (nSPS) is 11.8. The zero-order chi connectivity index (χ0) is 15.5. The summed E-state index contributed by atoms with van der Waals surface area (Å²) in [5.41, 5.74) is 1.84. The van der Waals surface area contributed by atoms with Gasteiger partial charge in [0.2, 0.25) is 0 Å². The maximum absolute atomic E-state index is 10.7. The van der Waals surface area contributed by atoms with Crippen molar-refractivity contribution in [2.75, 3.05) is 0 Å². The second kappa shape index (κ2) is 5.88. The fourth-order valence-electron chi connectivity index (χ4n) is 1.75. The number of carboxylic acid groups (broad SMARTS) is 1. The summed E-state index contributed by atoms with van der Waals surface area (Å²) >= 11 is 0. The summed E-state index contributed by atoms with van der Waals surface area (Å²) in [6, 6.07) is 12.4. The van der Waals surface area contributed by atoms with E-state index in [1.165, 1.54) is 24.3 Å². The first-order valence-corrected chi connectivity index (χ1v) is 6.15. The molecule has 0 saturated carbocycles. The molecule has 0 aromatic heterocycles. The lowest BCUT2D eigenvalue weighted by Crippen LogP contribution is -2.23. The molecule has 0 saturated heterocycles. The van der Waals surface area contributed by atoms with Crippen molar-refractivity contribution in [1.29, 1.82) is 0 Å². The molecule has 0 radical (unpaired) electrons. The first-order valence-electron chi connectivity index (χ1n) is 6.15. The van der Waals surface area contributed by atoms with Gasteiger partial charge in [0, 0.05) is 5.56 Å². The molecule has 0 spiro atoms. The van der Waals surface area contributed by atoms with E-state index in [0.29, 0.717) is 0 Å². The van der Waals surface area contributed by atoms with Gasteiger partial charge in [0.1, 0.15) is 0 Å². The van der Waals surface area contributed by atoms with Crippen LogP contribution in [0.5, 0.6) is 0 Å². The van der Waals surface area contributed by atoms with Crippen molar-refractivity contribution < 1.29 is 25.2 Å². The molecule has 0 amide bonds. The Morgan fingerprint density at radius 1 is 0.810 bits per heavy atom. The number of aliphatic hydroxyl groups is 3. The molecule has 0 aliphatic carbocycles. The van der Waals surface area contributed by atoms with Crippen LogP contribution in [0.25, 0.3) is 12.2 Å². The lowest BCUT2D eigenvalue weighted by molar-refractivity contribution is -0.323. The Labute approximate surface area is 121 Å². The highest BCUT2D eigenvalue weighted by atomic mass is 16.7. The molecule has 0 atom stereocenters.